The van der Waals surface area contributed by atoms with Crippen molar-refractivity contribution in [2.45, 2.75) is 30.6 Å². The fraction of sp³-hybridized carbons (Fsp3) is 0.393. The molecule has 2 N–H and O–H groups in total. The molecule has 10 heteroatoms. The molecule has 8 nitrogen and oxygen atoms in total. The van der Waals surface area contributed by atoms with E-state index in [9.17, 15) is 9.18 Å². The standard InChI is InChI=1S/C28H31ClFN7O/c1-18(29)26(38)37-17-28(9-10-28)22-8-5-20(15-24(22)37)32-25-23(30)16-31-27(34-25)33-19-3-6-21(7-4-19)36-13-11-35(2)12-14-36/h3-8,15-16,18H,9-14,17H2,1-2H3,(H2,31,32,33,34). The molecule has 1 aliphatic carbocycles. The fourth-order valence-electron chi connectivity index (χ4n) is 5.34. The molecule has 2 aromatic carbocycles. The Morgan fingerprint density at radius 2 is 1.76 bits per heavy atom. The summed E-state index contributed by atoms with van der Waals surface area (Å²) in [5.41, 5.74) is 4.65. The maximum atomic E-state index is 14.7. The van der Waals surface area contributed by atoms with Gasteiger partial charge in [-0.2, -0.15) is 4.98 Å². The Labute approximate surface area is 226 Å². The summed E-state index contributed by atoms with van der Waals surface area (Å²) in [5, 5.41) is 5.63. The van der Waals surface area contributed by atoms with E-state index in [0.717, 1.165) is 62.2 Å². The number of nitrogens with zero attached hydrogens (tertiary/aromatic N) is 5. The van der Waals surface area contributed by atoms with Crippen LogP contribution in [0, 0.1) is 5.82 Å². The Bertz CT molecular complexity index is 1350. The number of likely N-dealkylation sites (N-methyl/N-ethyl adjacent to an activating group) is 1. The maximum Gasteiger partial charge on any atom is 0.244 e. The molecule has 3 aromatic rings. The molecule has 1 unspecified atom stereocenters. The van der Waals surface area contributed by atoms with Crippen molar-refractivity contribution in [2.24, 2.45) is 0 Å². The second-order valence-corrected chi connectivity index (χ2v) is 11.2. The Morgan fingerprint density at radius 1 is 1.05 bits per heavy atom. The number of hydrogen-bond acceptors (Lipinski definition) is 7. The summed E-state index contributed by atoms with van der Waals surface area (Å²) < 4.78 is 14.7. The summed E-state index contributed by atoms with van der Waals surface area (Å²) in [6.45, 7) is 6.42. The van der Waals surface area contributed by atoms with E-state index in [4.69, 9.17) is 11.6 Å². The number of alkyl halides is 1. The van der Waals surface area contributed by atoms with Crippen molar-refractivity contribution in [1.82, 2.24) is 14.9 Å². The van der Waals surface area contributed by atoms with Gasteiger partial charge in [-0.15, -0.1) is 11.6 Å². The van der Waals surface area contributed by atoms with Crippen LogP contribution in [-0.2, 0) is 10.2 Å². The van der Waals surface area contributed by atoms with Gasteiger partial charge in [0.05, 0.1) is 6.20 Å². The van der Waals surface area contributed by atoms with E-state index < -0.39 is 11.2 Å². The molecule has 1 amide bonds. The predicted molar refractivity (Wildman–Crippen MR) is 150 cm³/mol. The first-order chi connectivity index (χ1) is 18.3. The van der Waals surface area contributed by atoms with Crippen molar-refractivity contribution < 1.29 is 9.18 Å². The Morgan fingerprint density at radius 3 is 2.45 bits per heavy atom. The molecule has 1 spiro atoms. The number of rotatable bonds is 6. The van der Waals surface area contributed by atoms with Gasteiger partial charge < -0.3 is 25.3 Å². The van der Waals surface area contributed by atoms with E-state index >= 15 is 0 Å². The quantitative estimate of drug-likeness (QED) is 0.436. The number of carbonyl (C=O) groups excluding carboxylic acids is 1. The number of nitrogens with one attached hydrogen (secondary N) is 2. The number of amides is 1. The average molecular weight is 536 g/mol. The number of benzene rings is 2. The summed E-state index contributed by atoms with van der Waals surface area (Å²) in [7, 11) is 2.14. The highest BCUT2D eigenvalue weighted by Crippen LogP contribution is 2.57. The SMILES string of the molecule is CC(Cl)C(=O)N1CC2(CC2)c2ccc(Nc3nc(Nc4ccc(N5CCN(C)CC5)cc4)ncc3F)cc21. The molecule has 0 radical (unpaired) electrons. The topological polar surface area (TPSA) is 76.6 Å². The minimum Gasteiger partial charge on any atom is -0.369 e. The number of carbonyl (C=O) groups is 1. The van der Waals surface area contributed by atoms with Crippen LogP contribution in [0.1, 0.15) is 25.3 Å². The largest absolute Gasteiger partial charge is 0.369 e. The molecule has 1 saturated heterocycles. The summed E-state index contributed by atoms with van der Waals surface area (Å²) in [4.78, 5) is 27.7. The lowest BCUT2D eigenvalue weighted by molar-refractivity contribution is -0.118. The van der Waals surface area contributed by atoms with Gasteiger partial charge in [0.2, 0.25) is 11.9 Å². The highest BCUT2D eigenvalue weighted by molar-refractivity contribution is 6.32. The van der Waals surface area contributed by atoms with Gasteiger partial charge in [-0.3, -0.25) is 4.79 Å². The van der Waals surface area contributed by atoms with Crippen LogP contribution < -0.4 is 20.4 Å². The Kier molecular flexibility index (Phi) is 6.36. The normalized spacial score (nSPS) is 18.8. The van der Waals surface area contributed by atoms with Crippen LogP contribution in [0.15, 0.2) is 48.7 Å². The van der Waals surface area contributed by atoms with Crippen LogP contribution in [0.3, 0.4) is 0 Å². The molecule has 2 fully saturated rings. The van der Waals surface area contributed by atoms with Crippen LogP contribution in [0.5, 0.6) is 0 Å². The van der Waals surface area contributed by atoms with E-state index in [-0.39, 0.29) is 23.1 Å². The number of anilines is 6. The number of aromatic nitrogens is 2. The van der Waals surface area contributed by atoms with Gasteiger partial charge >= 0.3 is 0 Å². The van der Waals surface area contributed by atoms with Crippen LogP contribution in [0.25, 0.3) is 0 Å². The predicted octanol–water partition coefficient (Wildman–Crippen LogP) is 4.86. The highest BCUT2D eigenvalue weighted by atomic mass is 35.5. The summed E-state index contributed by atoms with van der Waals surface area (Å²) in [5.74, 6) is -0.346. The van der Waals surface area contributed by atoms with E-state index in [1.165, 1.54) is 5.69 Å². The molecule has 198 valence electrons. The second-order valence-electron chi connectivity index (χ2n) is 10.5. The zero-order chi connectivity index (χ0) is 26.4. The van der Waals surface area contributed by atoms with Gasteiger partial charge in [0.25, 0.3) is 0 Å². The minimum absolute atomic E-state index is 0.0342. The van der Waals surface area contributed by atoms with Crippen molar-refractivity contribution in [1.29, 1.82) is 0 Å². The van der Waals surface area contributed by atoms with Crippen molar-refractivity contribution in [3.8, 4) is 0 Å². The van der Waals surface area contributed by atoms with E-state index in [1.807, 2.05) is 30.3 Å². The third kappa shape index (κ3) is 4.76. The van der Waals surface area contributed by atoms with Crippen molar-refractivity contribution >= 4 is 52.0 Å². The first kappa shape index (κ1) is 24.9. The zero-order valence-electron chi connectivity index (χ0n) is 21.5. The first-order valence-corrected chi connectivity index (χ1v) is 13.5. The Hall–Kier alpha value is -3.43. The number of fused-ring (bicyclic) bond motifs is 2. The lowest BCUT2D eigenvalue weighted by Gasteiger charge is -2.34. The van der Waals surface area contributed by atoms with Crippen molar-refractivity contribution in [2.75, 3.05) is 60.2 Å². The minimum atomic E-state index is -0.614. The van der Waals surface area contributed by atoms with Gasteiger partial charge in [0.1, 0.15) is 5.38 Å². The third-order valence-electron chi connectivity index (χ3n) is 7.78. The molecule has 6 rings (SSSR count). The maximum absolute atomic E-state index is 14.7. The fourth-order valence-corrected chi connectivity index (χ4v) is 5.46. The second kappa shape index (κ2) is 9.71. The van der Waals surface area contributed by atoms with Crippen molar-refractivity contribution in [3.05, 3.63) is 60.0 Å². The summed E-state index contributed by atoms with van der Waals surface area (Å²) in [6, 6.07) is 13.9. The average Bonchev–Trinajstić information content (AvgIpc) is 3.63. The number of piperazine rings is 1. The van der Waals surface area contributed by atoms with E-state index in [2.05, 4.69) is 49.6 Å². The lowest BCUT2D eigenvalue weighted by atomic mass is 9.98. The summed E-state index contributed by atoms with van der Waals surface area (Å²) >= 11 is 6.13. The molecule has 0 bridgehead atoms. The third-order valence-corrected chi connectivity index (χ3v) is 7.97. The van der Waals surface area contributed by atoms with E-state index in [1.54, 1.807) is 11.8 Å². The zero-order valence-corrected chi connectivity index (χ0v) is 22.3. The van der Waals surface area contributed by atoms with Gasteiger partial charge in [-0.05, 0) is 68.8 Å². The molecule has 2 aliphatic heterocycles. The molecule has 38 heavy (non-hydrogen) atoms. The first-order valence-electron chi connectivity index (χ1n) is 13.0. The van der Waals surface area contributed by atoms with Gasteiger partial charge in [0.15, 0.2) is 11.6 Å². The van der Waals surface area contributed by atoms with Gasteiger partial charge in [0, 0.05) is 60.9 Å². The highest BCUT2D eigenvalue weighted by Gasteiger charge is 2.53. The molecule has 1 atom stereocenters. The van der Waals surface area contributed by atoms with Crippen LogP contribution >= 0.6 is 11.6 Å². The molecular weight excluding hydrogens is 505 g/mol. The monoisotopic (exact) mass is 535 g/mol. The molecule has 1 aromatic heterocycles. The number of hydrogen-bond donors (Lipinski definition) is 2. The molecule has 3 heterocycles. The van der Waals surface area contributed by atoms with Crippen molar-refractivity contribution in [3.63, 3.8) is 0 Å². The molecule has 3 aliphatic rings. The molecule has 1 saturated carbocycles. The number of halogens is 2. The van der Waals surface area contributed by atoms with Crippen LogP contribution in [0.2, 0.25) is 0 Å². The Balaban J connectivity index is 1.18. The van der Waals surface area contributed by atoms with E-state index in [0.29, 0.717) is 12.2 Å². The van der Waals surface area contributed by atoms with Gasteiger partial charge in [-0.25, -0.2) is 9.37 Å². The summed E-state index contributed by atoms with van der Waals surface area (Å²) in [6.07, 6.45) is 3.26. The van der Waals surface area contributed by atoms with Gasteiger partial charge in [-0.1, -0.05) is 6.07 Å². The van der Waals surface area contributed by atoms with Crippen LogP contribution in [0.4, 0.5) is 38.9 Å². The lowest BCUT2D eigenvalue weighted by Crippen LogP contribution is -2.44. The van der Waals surface area contributed by atoms with Crippen LogP contribution in [-0.4, -0.2) is 65.9 Å². The molecular formula is C28H31ClFN7O. The smallest absolute Gasteiger partial charge is 0.244 e.